The molecule has 4 aromatic rings. The number of aliphatic hydroxyl groups excluding tert-OH is 2. The van der Waals surface area contributed by atoms with Gasteiger partial charge < -0.3 is 29.2 Å². The molecule has 0 aliphatic heterocycles. The van der Waals surface area contributed by atoms with Gasteiger partial charge in [-0.3, -0.25) is 9.29 Å². The molecule has 0 saturated carbocycles. The smallest absolute Gasteiger partial charge is 0.243 e. The molecular weight excluding hydrogens is 580 g/mol. The summed E-state index contributed by atoms with van der Waals surface area (Å²) in [6.07, 6.45) is 0.606. The Hall–Kier alpha value is -4.31. The maximum absolute atomic E-state index is 13.9. The van der Waals surface area contributed by atoms with Crippen LogP contribution in [0, 0.1) is 6.92 Å². The van der Waals surface area contributed by atoms with Gasteiger partial charge in [0.05, 0.1) is 34.5 Å². The maximum Gasteiger partial charge on any atom is 0.243 e. The highest BCUT2D eigenvalue weighted by Crippen LogP contribution is 2.38. The van der Waals surface area contributed by atoms with E-state index in [1.807, 2.05) is 0 Å². The van der Waals surface area contributed by atoms with Crippen LogP contribution in [0.1, 0.15) is 24.4 Å². The number of rotatable bonds is 14. The number of nitrogens with one attached hydrogen (secondary N) is 1. The van der Waals surface area contributed by atoms with E-state index in [0.717, 1.165) is 5.56 Å². The molecular formula is C28H34N6O8S. The predicted molar refractivity (Wildman–Crippen MR) is 157 cm³/mol. The zero-order valence-electron chi connectivity index (χ0n) is 24.3. The van der Waals surface area contributed by atoms with Gasteiger partial charge in [0.25, 0.3) is 0 Å². The van der Waals surface area contributed by atoms with Gasteiger partial charge in [-0.25, -0.2) is 18.4 Å². The van der Waals surface area contributed by atoms with Crippen molar-refractivity contribution < 1.29 is 37.6 Å². The van der Waals surface area contributed by atoms with Crippen molar-refractivity contribution in [2.24, 2.45) is 0 Å². The number of benzene rings is 2. The fraction of sp³-hybridized carbons (Fsp3) is 0.357. The van der Waals surface area contributed by atoms with Crippen molar-refractivity contribution >= 4 is 16.0 Å². The Labute approximate surface area is 249 Å². The molecule has 0 spiro atoms. The van der Waals surface area contributed by atoms with E-state index >= 15 is 0 Å². The van der Waals surface area contributed by atoms with Crippen LogP contribution in [0.25, 0.3) is 17.1 Å². The first kappa shape index (κ1) is 31.6. The summed E-state index contributed by atoms with van der Waals surface area (Å²) in [5, 5.41) is 26.4. The number of aryl methyl sites for hydroxylation is 1. The molecule has 3 N–H and O–H groups in total. The van der Waals surface area contributed by atoms with Crippen LogP contribution in [0.15, 0.2) is 54.9 Å². The van der Waals surface area contributed by atoms with E-state index in [9.17, 15) is 18.6 Å². The molecule has 0 saturated heterocycles. The lowest BCUT2D eigenvalue weighted by atomic mass is 10.2. The molecule has 2 aromatic carbocycles. The van der Waals surface area contributed by atoms with E-state index in [1.165, 1.54) is 45.2 Å². The summed E-state index contributed by atoms with van der Waals surface area (Å²) < 4.78 is 54.2. The summed E-state index contributed by atoms with van der Waals surface area (Å²) in [5.74, 6) is 1.48. The van der Waals surface area contributed by atoms with Crippen molar-refractivity contribution in [3.8, 4) is 34.3 Å². The predicted octanol–water partition coefficient (Wildman–Crippen LogP) is 2.30. The molecule has 2 heterocycles. The van der Waals surface area contributed by atoms with Gasteiger partial charge in [0.15, 0.2) is 11.6 Å². The zero-order chi connectivity index (χ0) is 31.1. The van der Waals surface area contributed by atoms with Crippen LogP contribution in [0.2, 0.25) is 0 Å². The van der Waals surface area contributed by atoms with Crippen LogP contribution in [0.5, 0.6) is 17.2 Å². The third-order valence-corrected chi connectivity index (χ3v) is 8.19. The first-order valence-electron chi connectivity index (χ1n) is 13.1. The summed E-state index contributed by atoms with van der Waals surface area (Å²) in [6.45, 7) is 2.27. The van der Waals surface area contributed by atoms with Gasteiger partial charge in [-0.2, -0.15) is 0 Å². The lowest BCUT2D eigenvalue weighted by Gasteiger charge is -2.25. The van der Waals surface area contributed by atoms with E-state index in [4.69, 9.17) is 18.9 Å². The van der Waals surface area contributed by atoms with Gasteiger partial charge in [-0.05, 0) is 43.7 Å². The highest BCUT2D eigenvalue weighted by Gasteiger charge is 2.36. The Morgan fingerprint density at radius 2 is 1.63 bits per heavy atom. The topological polar surface area (TPSA) is 180 Å². The van der Waals surface area contributed by atoms with Crippen molar-refractivity contribution in [2.75, 3.05) is 39.3 Å². The van der Waals surface area contributed by atoms with Gasteiger partial charge >= 0.3 is 0 Å². The monoisotopic (exact) mass is 614 g/mol. The van der Waals surface area contributed by atoms with Crippen molar-refractivity contribution in [1.82, 2.24) is 24.7 Å². The van der Waals surface area contributed by atoms with Crippen LogP contribution in [0.4, 0.5) is 5.95 Å². The molecule has 0 aliphatic rings. The Morgan fingerprint density at radius 3 is 2.23 bits per heavy atom. The largest absolute Gasteiger partial charge is 0.497 e. The average molecular weight is 615 g/mol. The van der Waals surface area contributed by atoms with Gasteiger partial charge in [0.1, 0.15) is 40.4 Å². The Balaban J connectivity index is 1.83. The second kappa shape index (κ2) is 13.8. The molecule has 3 atom stereocenters. The van der Waals surface area contributed by atoms with Crippen LogP contribution >= 0.6 is 0 Å². The number of aromatic nitrogens is 5. The number of methoxy groups -OCH3 is 3. The first-order valence-corrected chi connectivity index (χ1v) is 14.7. The van der Waals surface area contributed by atoms with Gasteiger partial charge in [-0.1, -0.05) is 18.2 Å². The summed E-state index contributed by atoms with van der Waals surface area (Å²) >= 11 is 0. The molecule has 15 heteroatoms. The van der Waals surface area contributed by atoms with E-state index in [-0.39, 0.29) is 24.2 Å². The molecule has 0 amide bonds. The highest BCUT2D eigenvalue weighted by atomic mass is 32.2. The molecule has 0 fully saturated rings. The summed E-state index contributed by atoms with van der Waals surface area (Å²) in [4.78, 5) is 8.49. The Bertz CT molecular complexity index is 1610. The third-order valence-electron chi connectivity index (χ3n) is 6.50. The number of ether oxygens (including phenoxy) is 4. The SMILES string of the molecule is COc1cccc(-c2nnc(NS(=O)(=O)[C@@H](C)[C@H](OC[C@H](O)CO)c3ncc(C)cn3)n2-c2c(OC)cccc2OC)c1. The average Bonchev–Trinajstić information content (AvgIpc) is 3.43. The number of hydrogen-bond donors (Lipinski definition) is 3. The molecule has 2 aromatic heterocycles. The lowest BCUT2D eigenvalue weighted by molar-refractivity contribution is -0.0324. The molecule has 0 aliphatic carbocycles. The quantitative estimate of drug-likeness (QED) is 0.189. The Kier molecular flexibility index (Phi) is 10.1. The van der Waals surface area contributed by atoms with E-state index in [2.05, 4.69) is 24.9 Å². The molecule has 14 nitrogen and oxygen atoms in total. The van der Waals surface area contributed by atoms with E-state index < -0.39 is 34.1 Å². The molecule has 43 heavy (non-hydrogen) atoms. The van der Waals surface area contributed by atoms with Crippen molar-refractivity contribution in [3.63, 3.8) is 0 Å². The lowest BCUT2D eigenvalue weighted by Crippen LogP contribution is -2.35. The zero-order valence-corrected chi connectivity index (χ0v) is 25.1. The fourth-order valence-corrected chi connectivity index (χ4v) is 5.28. The van der Waals surface area contributed by atoms with Crippen molar-refractivity contribution in [3.05, 3.63) is 66.2 Å². The minimum Gasteiger partial charge on any atom is -0.497 e. The molecule has 4 rings (SSSR count). The Morgan fingerprint density at radius 1 is 0.977 bits per heavy atom. The fourth-order valence-electron chi connectivity index (χ4n) is 4.18. The standard InChI is InChI=1S/C28H34N6O8S/c1-17-13-29-26(30-14-17)25(42-16-20(36)15-35)18(2)43(37,38)33-28-32-31-27(19-8-6-9-21(12-19)39-3)34(28)24-22(40-4)10-7-11-23(24)41-5/h6-14,18,20,25,35-36H,15-16H2,1-5H3,(H,32,33)/t18-,20+,25-/m0/s1. The number of hydrogen-bond acceptors (Lipinski definition) is 12. The van der Waals surface area contributed by atoms with Gasteiger partial charge in [0, 0.05) is 18.0 Å². The van der Waals surface area contributed by atoms with Gasteiger partial charge in [0.2, 0.25) is 16.0 Å². The molecule has 0 radical (unpaired) electrons. The number of nitrogens with zero attached hydrogens (tertiary/aromatic N) is 5. The second-order valence-corrected chi connectivity index (χ2v) is 11.5. The van der Waals surface area contributed by atoms with Gasteiger partial charge in [-0.15, -0.1) is 10.2 Å². The van der Waals surface area contributed by atoms with Crippen molar-refractivity contribution in [2.45, 2.75) is 31.3 Å². The number of aliphatic hydroxyl groups is 2. The second-order valence-electron chi connectivity index (χ2n) is 9.49. The minimum atomic E-state index is -4.31. The number of para-hydroxylation sites is 1. The highest BCUT2D eigenvalue weighted by molar-refractivity contribution is 7.93. The maximum atomic E-state index is 13.9. The number of anilines is 1. The van der Waals surface area contributed by atoms with Crippen molar-refractivity contribution in [1.29, 1.82) is 0 Å². The summed E-state index contributed by atoms with van der Waals surface area (Å²) in [7, 11) is 0.179. The number of sulfonamides is 1. The molecule has 0 unspecified atom stereocenters. The third kappa shape index (κ3) is 7.02. The summed E-state index contributed by atoms with van der Waals surface area (Å²) in [6, 6.07) is 12.2. The van der Waals surface area contributed by atoms with Crippen LogP contribution < -0.4 is 18.9 Å². The van der Waals surface area contributed by atoms with E-state index in [1.54, 1.807) is 49.4 Å². The van der Waals surface area contributed by atoms with Crippen LogP contribution in [0.3, 0.4) is 0 Å². The van der Waals surface area contributed by atoms with Crippen LogP contribution in [-0.4, -0.2) is 89.3 Å². The first-order chi connectivity index (χ1) is 20.6. The van der Waals surface area contributed by atoms with E-state index in [0.29, 0.717) is 28.5 Å². The summed E-state index contributed by atoms with van der Waals surface area (Å²) in [5.41, 5.74) is 1.68. The molecule has 0 bridgehead atoms. The minimum absolute atomic E-state index is 0.0820. The normalized spacial score (nSPS) is 13.7. The van der Waals surface area contributed by atoms with Crippen LogP contribution in [-0.2, 0) is 14.8 Å². The molecule has 230 valence electrons.